The molecule has 1 heterocycles. The highest BCUT2D eigenvalue weighted by Gasteiger charge is 2.30. The quantitative estimate of drug-likeness (QED) is 0.922. The molecule has 1 atom stereocenters. The standard InChI is InChI=1S/C11H18BrNOS/c1-11(2,13(3)4)10(14)7-9-8(12)5-6-15-9/h5-6,10,14H,7H2,1-4H3. The molecule has 0 saturated carbocycles. The second-order valence-corrected chi connectivity index (χ2v) is 6.31. The van der Waals surface area contributed by atoms with Crippen molar-refractivity contribution in [1.29, 1.82) is 0 Å². The molecular weight excluding hydrogens is 274 g/mol. The molecule has 0 aliphatic carbocycles. The van der Waals surface area contributed by atoms with Crippen LogP contribution in [0.2, 0.25) is 0 Å². The van der Waals surface area contributed by atoms with E-state index in [0.717, 1.165) is 4.47 Å². The van der Waals surface area contributed by atoms with E-state index in [0.29, 0.717) is 6.42 Å². The van der Waals surface area contributed by atoms with Crippen LogP contribution in [0.5, 0.6) is 0 Å². The average Bonchev–Trinajstić information content (AvgIpc) is 2.51. The van der Waals surface area contributed by atoms with Crippen molar-refractivity contribution in [3.63, 3.8) is 0 Å². The molecule has 1 rings (SSSR count). The molecule has 4 heteroatoms. The summed E-state index contributed by atoms with van der Waals surface area (Å²) in [6.45, 7) is 4.11. The summed E-state index contributed by atoms with van der Waals surface area (Å²) in [6, 6.07) is 2.02. The zero-order valence-corrected chi connectivity index (χ0v) is 12.0. The molecule has 0 radical (unpaired) electrons. The highest BCUT2D eigenvalue weighted by molar-refractivity contribution is 9.10. The number of hydrogen-bond acceptors (Lipinski definition) is 3. The normalized spacial score (nSPS) is 14.6. The molecule has 1 N–H and O–H groups in total. The van der Waals surface area contributed by atoms with Gasteiger partial charge in [0, 0.05) is 21.3 Å². The second-order valence-electron chi connectivity index (χ2n) is 4.46. The van der Waals surface area contributed by atoms with Gasteiger partial charge in [-0.05, 0) is 55.3 Å². The Hall–Kier alpha value is 0.100. The molecule has 1 aromatic heterocycles. The lowest BCUT2D eigenvalue weighted by atomic mass is 9.93. The summed E-state index contributed by atoms with van der Waals surface area (Å²) < 4.78 is 1.10. The van der Waals surface area contributed by atoms with Crippen molar-refractivity contribution in [2.45, 2.75) is 31.9 Å². The summed E-state index contributed by atoms with van der Waals surface area (Å²) in [5.74, 6) is 0. The highest BCUT2D eigenvalue weighted by Crippen LogP contribution is 2.27. The van der Waals surface area contributed by atoms with Crippen LogP contribution < -0.4 is 0 Å². The third-order valence-electron chi connectivity index (χ3n) is 3.04. The Morgan fingerprint density at radius 3 is 2.53 bits per heavy atom. The fourth-order valence-corrected chi connectivity index (χ4v) is 2.75. The largest absolute Gasteiger partial charge is 0.391 e. The third kappa shape index (κ3) is 3.03. The van der Waals surface area contributed by atoms with E-state index in [1.165, 1.54) is 4.88 Å². The summed E-state index contributed by atoms with van der Waals surface area (Å²) in [4.78, 5) is 3.26. The molecule has 0 fully saturated rings. The van der Waals surface area contributed by atoms with Gasteiger partial charge in [0.2, 0.25) is 0 Å². The molecule has 0 bridgehead atoms. The first kappa shape index (κ1) is 13.2. The second kappa shape index (κ2) is 4.95. The molecule has 0 spiro atoms. The Morgan fingerprint density at radius 2 is 2.13 bits per heavy atom. The molecule has 1 unspecified atom stereocenters. The van der Waals surface area contributed by atoms with Crippen molar-refractivity contribution in [3.8, 4) is 0 Å². The Bertz CT molecular complexity index is 322. The number of aliphatic hydroxyl groups is 1. The number of hydrogen-bond donors (Lipinski definition) is 1. The lowest BCUT2D eigenvalue weighted by Crippen LogP contribution is -2.49. The summed E-state index contributed by atoms with van der Waals surface area (Å²) in [6.07, 6.45) is 0.339. The molecular formula is C11H18BrNOS. The van der Waals surface area contributed by atoms with Gasteiger partial charge in [-0.25, -0.2) is 0 Å². The van der Waals surface area contributed by atoms with Crippen molar-refractivity contribution in [3.05, 3.63) is 20.8 Å². The van der Waals surface area contributed by atoms with Crippen LogP contribution in [-0.4, -0.2) is 35.7 Å². The molecule has 15 heavy (non-hydrogen) atoms. The van der Waals surface area contributed by atoms with E-state index < -0.39 is 0 Å². The SMILES string of the molecule is CN(C)C(C)(C)C(O)Cc1sccc1Br. The van der Waals surface area contributed by atoms with Crippen LogP contribution >= 0.6 is 27.3 Å². The van der Waals surface area contributed by atoms with E-state index in [1.54, 1.807) is 11.3 Å². The van der Waals surface area contributed by atoms with Gasteiger partial charge in [-0.3, -0.25) is 0 Å². The van der Waals surface area contributed by atoms with Gasteiger partial charge >= 0.3 is 0 Å². The van der Waals surface area contributed by atoms with Crippen molar-refractivity contribution in [2.24, 2.45) is 0 Å². The van der Waals surface area contributed by atoms with Gasteiger partial charge in [0.1, 0.15) is 0 Å². The Morgan fingerprint density at radius 1 is 1.53 bits per heavy atom. The Labute approximate surface area is 104 Å². The Kier molecular flexibility index (Phi) is 4.35. The van der Waals surface area contributed by atoms with E-state index in [-0.39, 0.29) is 11.6 Å². The highest BCUT2D eigenvalue weighted by atomic mass is 79.9. The van der Waals surface area contributed by atoms with Gasteiger partial charge in [-0.15, -0.1) is 11.3 Å². The fourth-order valence-electron chi connectivity index (χ4n) is 1.19. The predicted octanol–water partition coefficient (Wildman–Crippen LogP) is 2.75. The van der Waals surface area contributed by atoms with Crippen molar-refractivity contribution in [1.82, 2.24) is 4.90 Å². The van der Waals surface area contributed by atoms with Crippen molar-refractivity contribution in [2.75, 3.05) is 14.1 Å². The monoisotopic (exact) mass is 291 g/mol. The summed E-state index contributed by atoms with van der Waals surface area (Å²) in [5.41, 5.74) is -0.205. The number of likely N-dealkylation sites (N-methyl/N-ethyl adjacent to an activating group) is 1. The number of rotatable bonds is 4. The number of halogens is 1. The summed E-state index contributed by atoms with van der Waals surface area (Å²) >= 11 is 5.16. The van der Waals surface area contributed by atoms with Gasteiger partial charge in [0.25, 0.3) is 0 Å². The zero-order chi connectivity index (χ0) is 11.6. The summed E-state index contributed by atoms with van der Waals surface area (Å²) in [5, 5.41) is 12.2. The molecule has 0 aliphatic heterocycles. The molecule has 0 saturated heterocycles. The maximum absolute atomic E-state index is 10.2. The third-order valence-corrected chi connectivity index (χ3v) is 4.99. The molecule has 0 aliphatic rings. The fraction of sp³-hybridized carbons (Fsp3) is 0.636. The van der Waals surface area contributed by atoms with Gasteiger partial charge < -0.3 is 10.0 Å². The van der Waals surface area contributed by atoms with E-state index in [2.05, 4.69) is 34.7 Å². The number of thiophene rings is 1. The topological polar surface area (TPSA) is 23.5 Å². The van der Waals surface area contributed by atoms with Gasteiger partial charge in [-0.2, -0.15) is 0 Å². The van der Waals surface area contributed by atoms with Crippen LogP contribution in [0.3, 0.4) is 0 Å². The minimum absolute atomic E-state index is 0.205. The van der Waals surface area contributed by atoms with Crippen molar-refractivity contribution >= 4 is 27.3 Å². The van der Waals surface area contributed by atoms with E-state index in [9.17, 15) is 5.11 Å². The van der Waals surface area contributed by atoms with Crippen LogP contribution in [-0.2, 0) is 6.42 Å². The Balaban J connectivity index is 2.71. The van der Waals surface area contributed by atoms with E-state index in [4.69, 9.17) is 0 Å². The summed E-state index contributed by atoms with van der Waals surface area (Å²) in [7, 11) is 3.99. The van der Waals surface area contributed by atoms with Crippen LogP contribution in [0.4, 0.5) is 0 Å². The molecule has 2 nitrogen and oxygen atoms in total. The predicted molar refractivity (Wildman–Crippen MR) is 69.5 cm³/mol. The van der Waals surface area contributed by atoms with Crippen LogP contribution in [0, 0.1) is 0 Å². The molecule has 0 amide bonds. The first-order valence-electron chi connectivity index (χ1n) is 4.93. The first-order chi connectivity index (χ1) is 6.85. The molecule has 0 aromatic carbocycles. The van der Waals surface area contributed by atoms with E-state index in [1.807, 2.05) is 25.5 Å². The minimum Gasteiger partial charge on any atom is -0.391 e. The van der Waals surface area contributed by atoms with Gasteiger partial charge in [0.05, 0.1) is 6.10 Å². The molecule has 1 aromatic rings. The lowest BCUT2D eigenvalue weighted by Gasteiger charge is -2.37. The maximum Gasteiger partial charge on any atom is 0.0766 e. The van der Waals surface area contributed by atoms with Gasteiger partial charge in [0.15, 0.2) is 0 Å². The van der Waals surface area contributed by atoms with Crippen LogP contribution in [0.25, 0.3) is 0 Å². The zero-order valence-electron chi connectivity index (χ0n) is 9.62. The maximum atomic E-state index is 10.2. The van der Waals surface area contributed by atoms with Crippen LogP contribution in [0.15, 0.2) is 15.9 Å². The number of aliphatic hydroxyl groups excluding tert-OH is 1. The molecule has 86 valence electrons. The minimum atomic E-state index is -0.359. The van der Waals surface area contributed by atoms with E-state index >= 15 is 0 Å². The smallest absolute Gasteiger partial charge is 0.0766 e. The van der Waals surface area contributed by atoms with Crippen LogP contribution in [0.1, 0.15) is 18.7 Å². The average molecular weight is 292 g/mol. The lowest BCUT2D eigenvalue weighted by molar-refractivity contribution is 0.0187. The first-order valence-corrected chi connectivity index (χ1v) is 6.60. The number of nitrogens with zero attached hydrogens (tertiary/aromatic N) is 1. The van der Waals surface area contributed by atoms with Gasteiger partial charge in [-0.1, -0.05) is 0 Å². The van der Waals surface area contributed by atoms with Crippen molar-refractivity contribution < 1.29 is 5.11 Å².